The topological polar surface area (TPSA) is 37.4 Å². The molecule has 0 saturated carbocycles. The van der Waals surface area contributed by atoms with Crippen molar-refractivity contribution in [3.63, 3.8) is 0 Å². The molecule has 2 aliphatic rings. The van der Waals surface area contributed by atoms with Crippen molar-refractivity contribution in [3.8, 4) is 0 Å². The van der Waals surface area contributed by atoms with Crippen LogP contribution in [0, 0.1) is 5.41 Å². The molecule has 0 fully saturated rings. The molecule has 1 aliphatic carbocycles. The van der Waals surface area contributed by atoms with E-state index in [0.717, 1.165) is 4.90 Å². The number of carbonyl (C=O) groups is 2. The molecule has 110 valence electrons. The van der Waals surface area contributed by atoms with Gasteiger partial charge in [0.15, 0.2) is 5.78 Å². The molecule has 0 atom stereocenters. The lowest BCUT2D eigenvalue weighted by atomic mass is 9.78. The van der Waals surface area contributed by atoms with Gasteiger partial charge < -0.3 is 4.90 Å². The number of amides is 1. The Morgan fingerprint density at radius 3 is 2.25 bits per heavy atom. The number of ketones is 1. The van der Waals surface area contributed by atoms with Gasteiger partial charge in [0.2, 0.25) is 0 Å². The average Bonchev–Trinajstić information content (AvgIpc) is 2.47. The highest BCUT2D eigenvalue weighted by atomic mass is 19.4. The van der Waals surface area contributed by atoms with Crippen LogP contribution in [0.3, 0.4) is 0 Å². The first kappa shape index (κ1) is 14.8. The third kappa shape index (κ3) is 2.17. The summed E-state index contributed by atoms with van der Waals surface area (Å²) < 4.78 is 39.3. The van der Waals surface area contributed by atoms with Gasteiger partial charge in [-0.15, -0.1) is 0 Å². The fraction of sp³-hybridized carbons (Fsp3) is 0.571. The molecule has 6 heteroatoms. The van der Waals surface area contributed by atoms with Crippen molar-refractivity contribution in [3.05, 3.63) is 22.9 Å². The molecule has 2 rings (SSSR count). The number of alkyl halides is 3. The number of rotatable bonds is 1. The normalized spacial score (nSPS) is 22.6. The number of halogens is 3. The summed E-state index contributed by atoms with van der Waals surface area (Å²) in [6.45, 7) is 6.79. The molecule has 0 saturated heterocycles. The lowest BCUT2D eigenvalue weighted by Crippen LogP contribution is -2.36. The second-order valence-electron chi connectivity index (χ2n) is 6.13. The summed E-state index contributed by atoms with van der Waals surface area (Å²) in [4.78, 5) is 25.2. The van der Waals surface area contributed by atoms with Crippen molar-refractivity contribution in [1.29, 1.82) is 0 Å². The molecule has 0 N–H and O–H groups in total. The first-order valence-corrected chi connectivity index (χ1v) is 6.37. The molecule has 20 heavy (non-hydrogen) atoms. The second-order valence-corrected chi connectivity index (χ2v) is 6.13. The standard InChI is InChI=1S/C14H16F3NO2/c1-7(2)18-8-5-13(3,4)6-9(19)10(8)11(12(18)20)14(15,16)17/h5,7H,6H2,1-4H3. The van der Waals surface area contributed by atoms with Gasteiger partial charge >= 0.3 is 6.18 Å². The molecule has 1 aliphatic heterocycles. The van der Waals surface area contributed by atoms with Crippen LogP contribution in [-0.4, -0.2) is 28.8 Å². The molecule has 0 spiro atoms. The summed E-state index contributed by atoms with van der Waals surface area (Å²) in [6, 6.07) is -0.440. The second kappa shape index (κ2) is 4.20. The monoisotopic (exact) mass is 287 g/mol. The lowest BCUT2D eigenvalue weighted by molar-refractivity contribution is -0.137. The summed E-state index contributed by atoms with van der Waals surface area (Å²) in [5.74, 6) is -1.74. The molecule has 0 aromatic carbocycles. The van der Waals surface area contributed by atoms with Crippen LogP contribution in [0.25, 0.3) is 0 Å². The number of fused-ring (bicyclic) bond motifs is 1. The molecule has 1 heterocycles. The lowest BCUT2D eigenvalue weighted by Gasteiger charge is -2.31. The Morgan fingerprint density at radius 1 is 1.25 bits per heavy atom. The maximum Gasteiger partial charge on any atom is 0.422 e. The van der Waals surface area contributed by atoms with Crippen LogP contribution in [0.5, 0.6) is 0 Å². The van der Waals surface area contributed by atoms with Crippen LogP contribution in [-0.2, 0) is 9.59 Å². The molecule has 0 unspecified atom stereocenters. The van der Waals surface area contributed by atoms with E-state index in [0.29, 0.717) is 0 Å². The zero-order chi connectivity index (χ0) is 15.5. The predicted octanol–water partition coefficient (Wildman–Crippen LogP) is 2.98. The Labute approximate surface area is 115 Å². The highest BCUT2D eigenvalue weighted by Gasteiger charge is 2.53. The largest absolute Gasteiger partial charge is 0.422 e. The maximum atomic E-state index is 13.1. The van der Waals surface area contributed by atoms with Gasteiger partial charge in [0.1, 0.15) is 5.57 Å². The van der Waals surface area contributed by atoms with E-state index < -0.39 is 40.5 Å². The van der Waals surface area contributed by atoms with E-state index >= 15 is 0 Å². The number of allylic oxidation sites excluding steroid dienone is 2. The first-order valence-electron chi connectivity index (χ1n) is 6.37. The van der Waals surface area contributed by atoms with E-state index in [1.165, 1.54) is 0 Å². The van der Waals surface area contributed by atoms with Gasteiger partial charge in [-0.2, -0.15) is 13.2 Å². The number of carbonyl (C=O) groups excluding carboxylic acids is 2. The quantitative estimate of drug-likeness (QED) is 0.743. The SMILES string of the molecule is CC(C)N1C(=O)C(C(F)(F)F)=C2C(=O)CC(C)(C)C=C21. The molecule has 1 amide bonds. The Bertz CT molecular complexity index is 553. The molecular formula is C14H16F3NO2. The van der Waals surface area contributed by atoms with E-state index in [2.05, 4.69) is 0 Å². The van der Waals surface area contributed by atoms with Crippen molar-refractivity contribution in [2.45, 2.75) is 46.3 Å². The minimum atomic E-state index is -4.81. The Balaban J connectivity index is 2.72. The van der Waals surface area contributed by atoms with Crippen LogP contribution in [0.15, 0.2) is 22.9 Å². The summed E-state index contributed by atoms with van der Waals surface area (Å²) >= 11 is 0. The van der Waals surface area contributed by atoms with Gasteiger partial charge in [-0.3, -0.25) is 9.59 Å². The van der Waals surface area contributed by atoms with Crippen LogP contribution in [0.1, 0.15) is 34.1 Å². The van der Waals surface area contributed by atoms with E-state index in [4.69, 9.17) is 0 Å². The van der Waals surface area contributed by atoms with Crippen LogP contribution < -0.4 is 0 Å². The Hall–Kier alpha value is -1.59. The van der Waals surface area contributed by atoms with Gasteiger partial charge in [0, 0.05) is 12.5 Å². The van der Waals surface area contributed by atoms with Crippen molar-refractivity contribution in [2.75, 3.05) is 0 Å². The van der Waals surface area contributed by atoms with Crippen molar-refractivity contribution >= 4 is 11.7 Å². The zero-order valence-electron chi connectivity index (χ0n) is 11.8. The minimum absolute atomic E-state index is 0.0232. The third-order valence-corrected chi connectivity index (χ3v) is 3.42. The van der Waals surface area contributed by atoms with E-state index in [9.17, 15) is 22.8 Å². The highest BCUT2D eigenvalue weighted by Crippen LogP contribution is 2.46. The van der Waals surface area contributed by atoms with Crippen LogP contribution in [0.2, 0.25) is 0 Å². The summed E-state index contributed by atoms with van der Waals surface area (Å²) in [6.07, 6.45) is -3.24. The van der Waals surface area contributed by atoms with E-state index in [-0.39, 0.29) is 12.1 Å². The van der Waals surface area contributed by atoms with Gasteiger partial charge in [-0.1, -0.05) is 19.9 Å². The van der Waals surface area contributed by atoms with Crippen molar-refractivity contribution < 1.29 is 22.8 Å². The number of hydrogen-bond donors (Lipinski definition) is 0. The average molecular weight is 287 g/mol. The smallest absolute Gasteiger partial charge is 0.305 e. The van der Waals surface area contributed by atoms with Crippen LogP contribution >= 0.6 is 0 Å². The summed E-state index contributed by atoms with van der Waals surface area (Å²) in [5, 5.41) is 0. The van der Waals surface area contributed by atoms with Gasteiger partial charge in [0.05, 0.1) is 11.3 Å². The van der Waals surface area contributed by atoms with Crippen molar-refractivity contribution in [1.82, 2.24) is 4.90 Å². The minimum Gasteiger partial charge on any atom is -0.305 e. The molecule has 0 bridgehead atoms. The fourth-order valence-electron chi connectivity index (χ4n) is 2.71. The summed E-state index contributed by atoms with van der Waals surface area (Å²) in [5.41, 5.74) is -2.23. The molecular weight excluding hydrogens is 271 g/mol. The number of Topliss-reactive ketones (excluding diaryl/α,β-unsaturated/α-hetero) is 1. The number of nitrogens with zero attached hydrogens (tertiary/aromatic N) is 1. The maximum absolute atomic E-state index is 13.1. The Kier molecular flexibility index (Phi) is 3.11. The molecule has 0 aromatic heterocycles. The molecule has 0 aromatic rings. The van der Waals surface area contributed by atoms with Crippen LogP contribution in [0.4, 0.5) is 13.2 Å². The van der Waals surface area contributed by atoms with Crippen molar-refractivity contribution in [2.24, 2.45) is 5.41 Å². The van der Waals surface area contributed by atoms with E-state index in [1.54, 1.807) is 33.8 Å². The molecule has 3 nitrogen and oxygen atoms in total. The molecule has 0 radical (unpaired) electrons. The first-order chi connectivity index (χ1) is 8.96. The van der Waals surface area contributed by atoms with Gasteiger partial charge in [-0.25, -0.2) is 0 Å². The predicted molar refractivity (Wildman–Crippen MR) is 66.6 cm³/mol. The van der Waals surface area contributed by atoms with E-state index in [1.807, 2.05) is 0 Å². The van der Waals surface area contributed by atoms with Gasteiger partial charge in [-0.05, 0) is 19.3 Å². The number of hydrogen-bond acceptors (Lipinski definition) is 2. The Morgan fingerprint density at radius 2 is 1.80 bits per heavy atom. The highest BCUT2D eigenvalue weighted by molar-refractivity contribution is 6.15. The fourth-order valence-corrected chi connectivity index (χ4v) is 2.71. The van der Waals surface area contributed by atoms with Gasteiger partial charge in [0.25, 0.3) is 5.91 Å². The zero-order valence-corrected chi connectivity index (χ0v) is 11.8. The summed E-state index contributed by atoms with van der Waals surface area (Å²) in [7, 11) is 0. The third-order valence-electron chi connectivity index (χ3n) is 3.42.